The van der Waals surface area contributed by atoms with Crippen molar-refractivity contribution >= 4 is 22.7 Å². The molecule has 2 atom stereocenters. The Bertz CT molecular complexity index is 850. The number of aromatic nitrogens is 1. The third-order valence-corrected chi connectivity index (χ3v) is 6.20. The lowest BCUT2D eigenvalue weighted by atomic mass is 9.78. The zero-order valence-corrected chi connectivity index (χ0v) is 14.3. The van der Waals surface area contributed by atoms with Crippen LogP contribution in [0.1, 0.15) is 36.4 Å². The molecular weight excluding hydrogens is 314 g/mol. The Morgan fingerprint density at radius 2 is 1.84 bits per heavy atom. The minimum atomic E-state index is -0.286. The second kappa shape index (κ2) is 5.70. The number of aromatic amines is 1. The van der Waals surface area contributed by atoms with Crippen LogP contribution in [0.2, 0.25) is 0 Å². The Balaban J connectivity index is 1.47. The van der Waals surface area contributed by atoms with Gasteiger partial charge in [0.15, 0.2) is 0 Å². The minimum absolute atomic E-state index is 0.0138. The SMILES string of the molecule is O=C1[C@H]2CCc3[nH]c4ccccc4c3[C@H]2C(=O)N1CCN1CCCC1. The van der Waals surface area contributed by atoms with Crippen molar-refractivity contribution in [2.45, 2.75) is 31.6 Å². The molecule has 3 heterocycles. The number of para-hydroxylation sites is 1. The first-order valence-corrected chi connectivity index (χ1v) is 9.41. The summed E-state index contributed by atoms with van der Waals surface area (Å²) in [6, 6.07) is 8.13. The fourth-order valence-electron chi connectivity index (χ4n) is 4.95. The number of benzene rings is 1. The third kappa shape index (κ3) is 2.25. The smallest absolute Gasteiger partial charge is 0.237 e. The molecule has 0 radical (unpaired) electrons. The molecule has 3 aliphatic rings. The van der Waals surface area contributed by atoms with Crippen LogP contribution in [0, 0.1) is 5.92 Å². The highest BCUT2D eigenvalue weighted by Crippen LogP contribution is 2.45. The number of carbonyl (C=O) groups is 2. The van der Waals surface area contributed by atoms with E-state index >= 15 is 0 Å². The molecule has 130 valence electrons. The second-order valence-corrected chi connectivity index (χ2v) is 7.56. The fourth-order valence-corrected chi connectivity index (χ4v) is 4.95. The average molecular weight is 337 g/mol. The lowest BCUT2D eigenvalue weighted by Gasteiger charge is -2.21. The van der Waals surface area contributed by atoms with E-state index in [1.807, 2.05) is 12.1 Å². The number of rotatable bonds is 3. The third-order valence-electron chi connectivity index (χ3n) is 6.20. The minimum Gasteiger partial charge on any atom is -0.358 e. The molecule has 5 heteroatoms. The summed E-state index contributed by atoms with van der Waals surface area (Å²) in [6.07, 6.45) is 4.08. The van der Waals surface area contributed by atoms with Gasteiger partial charge in [-0.2, -0.15) is 0 Å². The lowest BCUT2D eigenvalue weighted by Crippen LogP contribution is -2.38. The van der Waals surface area contributed by atoms with E-state index in [-0.39, 0.29) is 23.7 Å². The van der Waals surface area contributed by atoms with Crippen molar-refractivity contribution in [3.8, 4) is 0 Å². The Morgan fingerprint density at radius 3 is 2.68 bits per heavy atom. The number of hydrogen-bond donors (Lipinski definition) is 1. The van der Waals surface area contributed by atoms with Gasteiger partial charge in [0.1, 0.15) is 0 Å². The summed E-state index contributed by atoms with van der Waals surface area (Å²) in [7, 11) is 0. The zero-order valence-electron chi connectivity index (χ0n) is 14.3. The molecule has 0 unspecified atom stereocenters. The maximum absolute atomic E-state index is 13.1. The number of carbonyl (C=O) groups excluding carboxylic acids is 2. The number of aryl methyl sites for hydroxylation is 1. The quantitative estimate of drug-likeness (QED) is 0.874. The van der Waals surface area contributed by atoms with Crippen LogP contribution in [0.25, 0.3) is 10.9 Å². The molecule has 5 rings (SSSR count). The Labute approximate surface area is 147 Å². The number of imide groups is 1. The predicted octanol–water partition coefficient (Wildman–Crippen LogP) is 2.28. The number of nitrogens with one attached hydrogen (secondary N) is 1. The van der Waals surface area contributed by atoms with E-state index in [2.05, 4.69) is 22.0 Å². The molecule has 2 fully saturated rings. The molecule has 2 aliphatic heterocycles. The molecule has 0 spiro atoms. The maximum atomic E-state index is 13.1. The van der Waals surface area contributed by atoms with Gasteiger partial charge in [-0.15, -0.1) is 0 Å². The number of hydrogen-bond acceptors (Lipinski definition) is 3. The molecule has 5 nitrogen and oxygen atoms in total. The van der Waals surface area contributed by atoms with Crippen LogP contribution in [-0.2, 0) is 16.0 Å². The molecule has 1 aliphatic carbocycles. The first-order valence-electron chi connectivity index (χ1n) is 9.41. The van der Waals surface area contributed by atoms with Crippen molar-refractivity contribution in [2.24, 2.45) is 5.92 Å². The average Bonchev–Trinajstić information content (AvgIpc) is 3.32. The van der Waals surface area contributed by atoms with Crippen molar-refractivity contribution < 1.29 is 9.59 Å². The molecule has 0 saturated carbocycles. The van der Waals surface area contributed by atoms with E-state index in [0.717, 1.165) is 54.6 Å². The van der Waals surface area contributed by atoms with Crippen LogP contribution in [-0.4, -0.2) is 52.8 Å². The molecule has 25 heavy (non-hydrogen) atoms. The van der Waals surface area contributed by atoms with Gasteiger partial charge < -0.3 is 9.88 Å². The van der Waals surface area contributed by atoms with Gasteiger partial charge in [-0.05, 0) is 50.4 Å². The van der Waals surface area contributed by atoms with Crippen LogP contribution >= 0.6 is 0 Å². The number of amides is 2. The monoisotopic (exact) mass is 337 g/mol. The largest absolute Gasteiger partial charge is 0.358 e. The highest BCUT2D eigenvalue weighted by Gasteiger charge is 2.51. The van der Waals surface area contributed by atoms with Crippen molar-refractivity contribution in [2.75, 3.05) is 26.2 Å². The molecule has 1 N–H and O–H groups in total. The number of H-pyrrole nitrogens is 1. The van der Waals surface area contributed by atoms with E-state index in [0.29, 0.717) is 6.54 Å². The van der Waals surface area contributed by atoms with Crippen LogP contribution in [0.15, 0.2) is 24.3 Å². The van der Waals surface area contributed by atoms with Gasteiger partial charge in [0.25, 0.3) is 0 Å². The Kier molecular flexibility index (Phi) is 3.45. The topological polar surface area (TPSA) is 56.4 Å². The van der Waals surface area contributed by atoms with Crippen LogP contribution in [0.4, 0.5) is 0 Å². The first kappa shape index (κ1) is 15.1. The van der Waals surface area contributed by atoms with E-state index < -0.39 is 0 Å². The Morgan fingerprint density at radius 1 is 1.04 bits per heavy atom. The fraction of sp³-hybridized carbons (Fsp3) is 0.500. The van der Waals surface area contributed by atoms with Crippen molar-refractivity contribution in [3.63, 3.8) is 0 Å². The second-order valence-electron chi connectivity index (χ2n) is 7.56. The summed E-state index contributed by atoms with van der Waals surface area (Å²) in [6.45, 7) is 3.55. The standard InChI is InChI=1S/C20H23N3O2/c24-19-14-7-8-16-17(13-5-1-2-6-15(13)21-16)18(14)20(25)23(19)12-11-22-9-3-4-10-22/h1-2,5-6,14,18,21H,3-4,7-12H2/t14-,18-/m0/s1. The first-order chi connectivity index (χ1) is 12.2. The zero-order chi connectivity index (χ0) is 17.0. The van der Waals surface area contributed by atoms with Crippen molar-refractivity contribution in [1.29, 1.82) is 0 Å². The van der Waals surface area contributed by atoms with Gasteiger partial charge in [-0.3, -0.25) is 14.5 Å². The summed E-state index contributed by atoms with van der Waals surface area (Å²) >= 11 is 0. The van der Waals surface area contributed by atoms with Crippen LogP contribution < -0.4 is 0 Å². The summed E-state index contributed by atoms with van der Waals surface area (Å²) in [4.78, 5) is 33.4. The van der Waals surface area contributed by atoms with Gasteiger partial charge in [0, 0.05) is 29.7 Å². The van der Waals surface area contributed by atoms with E-state index in [9.17, 15) is 9.59 Å². The molecule has 2 aromatic rings. The van der Waals surface area contributed by atoms with Gasteiger partial charge in [0.05, 0.1) is 11.8 Å². The highest BCUT2D eigenvalue weighted by atomic mass is 16.2. The predicted molar refractivity (Wildman–Crippen MR) is 95.2 cm³/mol. The number of likely N-dealkylation sites (tertiary alicyclic amines) is 2. The summed E-state index contributed by atoms with van der Waals surface area (Å²) < 4.78 is 0. The van der Waals surface area contributed by atoms with Gasteiger partial charge in [-0.25, -0.2) is 0 Å². The van der Waals surface area contributed by atoms with E-state index in [1.165, 1.54) is 12.8 Å². The normalized spacial score (nSPS) is 26.5. The van der Waals surface area contributed by atoms with Crippen molar-refractivity contribution in [3.05, 3.63) is 35.5 Å². The molecule has 2 saturated heterocycles. The lowest BCUT2D eigenvalue weighted by molar-refractivity contribution is -0.139. The summed E-state index contributed by atoms with van der Waals surface area (Å²) in [5.74, 6) is -0.395. The molecule has 2 amide bonds. The van der Waals surface area contributed by atoms with Crippen LogP contribution in [0.3, 0.4) is 0 Å². The summed E-state index contributed by atoms with van der Waals surface area (Å²) in [5, 5.41) is 1.11. The maximum Gasteiger partial charge on any atom is 0.237 e. The molecule has 1 aromatic carbocycles. The molecular formula is C20H23N3O2. The highest BCUT2D eigenvalue weighted by molar-refractivity contribution is 6.10. The number of fused-ring (bicyclic) bond motifs is 5. The molecule has 1 aromatic heterocycles. The van der Waals surface area contributed by atoms with Crippen LogP contribution in [0.5, 0.6) is 0 Å². The molecule has 0 bridgehead atoms. The number of nitrogens with zero attached hydrogens (tertiary/aromatic N) is 2. The van der Waals surface area contributed by atoms with Crippen molar-refractivity contribution in [1.82, 2.24) is 14.8 Å². The van der Waals surface area contributed by atoms with E-state index in [1.54, 1.807) is 4.90 Å². The van der Waals surface area contributed by atoms with Gasteiger partial charge in [-0.1, -0.05) is 18.2 Å². The van der Waals surface area contributed by atoms with E-state index in [4.69, 9.17) is 0 Å². The van der Waals surface area contributed by atoms with Gasteiger partial charge >= 0.3 is 0 Å². The summed E-state index contributed by atoms with van der Waals surface area (Å²) in [5.41, 5.74) is 3.29. The Hall–Kier alpha value is -2.14. The van der Waals surface area contributed by atoms with Gasteiger partial charge in [0.2, 0.25) is 11.8 Å².